The van der Waals surface area contributed by atoms with Crippen molar-refractivity contribution in [3.8, 4) is 0 Å². The average Bonchev–Trinajstić information content (AvgIpc) is 2.60. The van der Waals surface area contributed by atoms with Crippen LogP contribution < -0.4 is 10.0 Å². The van der Waals surface area contributed by atoms with E-state index in [-0.39, 0.29) is 17.6 Å². The maximum absolute atomic E-state index is 12.5. The molecule has 1 fully saturated rings. The summed E-state index contributed by atoms with van der Waals surface area (Å²) in [6, 6.07) is 8.08. The third kappa shape index (κ3) is 3.89. The van der Waals surface area contributed by atoms with Crippen LogP contribution in [-0.4, -0.2) is 45.1 Å². The molecule has 8 heteroatoms. The number of piperidine rings is 1. The third-order valence-corrected chi connectivity index (χ3v) is 5.28. The van der Waals surface area contributed by atoms with Gasteiger partial charge in [0.05, 0.1) is 16.5 Å². The first-order valence-electron chi connectivity index (χ1n) is 7.78. The number of rotatable bonds is 5. The van der Waals surface area contributed by atoms with Crippen LogP contribution in [-0.2, 0) is 19.6 Å². The minimum absolute atomic E-state index is 0.0285. The number of carbonyl (C=O) groups is 1. The fraction of sp³-hybridized carbons (Fsp3) is 0.375. The monoisotopic (exact) mass is 349 g/mol. The number of nitrogens with one attached hydrogen (secondary N) is 2. The first-order chi connectivity index (χ1) is 11.6. The van der Waals surface area contributed by atoms with E-state index < -0.39 is 15.9 Å². The van der Waals surface area contributed by atoms with Crippen molar-refractivity contribution in [1.82, 2.24) is 15.0 Å². The predicted molar refractivity (Wildman–Crippen MR) is 88.9 cm³/mol. The van der Waals surface area contributed by atoms with Gasteiger partial charge in [-0.15, -0.1) is 0 Å². The molecule has 0 aliphatic carbocycles. The first kappa shape index (κ1) is 16.8. The Morgan fingerprint density at radius 3 is 3.00 bits per heavy atom. The van der Waals surface area contributed by atoms with Gasteiger partial charge in [-0.2, -0.15) is 0 Å². The van der Waals surface area contributed by atoms with Crippen molar-refractivity contribution in [2.45, 2.75) is 23.8 Å². The molecule has 0 radical (unpaired) electrons. The molecule has 1 amide bonds. The summed E-state index contributed by atoms with van der Waals surface area (Å²) in [5, 5.41) is 3.64. The van der Waals surface area contributed by atoms with Gasteiger partial charge in [-0.25, -0.2) is 13.1 Å². The molecule has 3 rings (SSSR count). The Balaban J connectivity index is 1.69. The number of benzene rings is 1. The molecular weight excluding hydrogens is 330 g/mol. The van der Waals surface area contributed by atoms with Crippen molar-refractivity contribution in [3.05, 3.63) is 36.5 Å². The molecule has 2 aromatic rings. The molecule has 1 saturated heterocycles. The molecule has 1 aromatic heterocycles. The smallest absolute Gasteiger partial charge is 0.264 e. The van der Waals surface area contributed by atoms with Gasteiger partial charge in [0.2, 0.25) is 0 Å². The average molecular weight is 349 g/mol. The van der Waals surface area contributed by atoms with E-state index in [1.165, 1.54) is 6.07 Å². The zero-order chi connectivity index (χ0) is 17.0. The number of amides is 1. The van der Waals surface area contributed by atoms with Crippen LogP contribution in [0.2, 0.25) is 0 Å². The minimum Gasteiger partial charge on any atom is -0.367 e. The molecule has 0 saturated carbocycles. The minimum atomic E-state index is -3.97. The number of pyridine rings is 1. The van der Waals surface area contributed by atoms with Gasteiger partial charge >= 0.3 is 0 Å². The number of hydrogen-bond acceptors (Lipinski definition) is 6. The number of aromatic nitrogens is 1. The largest absolute Gasteiger partial charge is 0.367 e. The van der Waals surface area contributed by atoms with Crippen molar-refractivity contribution in [3.63, 3.8) is 0 Å². The Morgan fingerprint density at radius 1 is 1.33 bits per heavy atom. The summed E-state index contributed by atoms with van der Waals surface area (Å²) in [4.78, 5) is 16.1. The first-order valence-corrected chi connectivity index (χ1v) is 9.26. The summed E-state index contributed by atoms with van der Waals surface area (Å²) >= 11 is 0. The van der Waals surface area contributed by atoms with Crippen LogP contribution >= 0.6 is 0 Å². The molecule has 1 aliphatic heterocycles. The van der Waals surface area contributed by atoms with Crippen molar-refractivity contribution in [2.24, 2.45) is 0 Å². The predicted octanol–water partition coefficient (Wildman–Crippen LogP) is 0.808. The molecule has 24 heavy (non-hydrogen) atoms. The summed E-state index contributed by atoms with van der Waals surface area (Å²) in [5.41, 5.74) is 0.553. The molecule has 1 atom stereocenters. The number of sulfonamides is 1. The Labute approximate surface area is 140 Å². The molecule has 0 bridgehead atoms. The molecule has 128 valence electrons. The standard InChI is InChI=1S/C16H19N3O4S/c20-16(11-23-12-4-2-8-17-10-12)19-24(21,22)15-7-1-6-14-13(15)5-3-9-18-14/h1,3,5-7,9,12,17H,2,4,8,10-11H2,(H,19,20). The van der Waals surface area contributed by atoms with Crippen LogP contribution in [0.15, 0.2) is 41.4 Å². The third-order valence-electron chi connectivity index (χ3n) is 3.85. The highest BCUT2D eigenvalue weighted by Gasteiger charge is 2.21. The number of carbonyl (C=O) groups excluding carboxylic acids is 1. The highest BCUT2D eigenvalue weighted by molar-refractivity contribution is 7.90. The van der Waals surface area contributed by atoms with Crippen molar-refractivity contribution in [2.75, 3.05) is 19.7 Å². The van der Waals surface area contributed by atoms with Crippen LogP contribution in [0.3, 0.4) is 0 Å². The fourth-order valence-electron chi connectivity index (χ4n) is 2.70. The number of nitrogens with zero attached hydrogens (tertiary/aromatic N) is 1. The molecular formula is C16H19N3O4S. The lowest BCUT2D eigenvalue weighted by Gasteiger charge is -2.22. The maximum Gasteiger partial charge on any atom is 0.264 e. The van der Waals surface area contributed by atoms with Gasteiger partial charge in [0.15, 0.2) is 0 Å². The van der Waals surface area contributed by atoms with E-state index in [2.05, 4.69) is 15.0 Å². The maximum atomic E-state index is 12.5. The highest BCUT2D eigenvalue weighted by Crippen LogP contribution is 2.20. The van der Waals surface area contributed by atoms with Crippen molar-refractivity contribution in [1.29, 1.82) is 0 Å². The molecule has 2 N–H and O–H groups in total. The lowest BCUT2D eigenvalue weighted by Crippen LogP contribution is -2.39. The number of fused-ring (bicyclic) bond motifs is 1. The Kier molecular flexibility index (Phi) is 5.08. The van der Waals surface area contributed by atoms with E-state index in [0.717, 1.165) is 19.4 Å². The van der Waals surface area contributed by atoms with Crippen LogP contribution in [0.25, 0.3) is 10.9 Å². The van der Waals surface area contributed by atoms with E-state index in [1.807, 2.05) is 0 Å². The lowest BCUT2D eigenvalue weighted by molar-refractivity contribution is -0.126. The summed E-state index contributed by atoms with van der Waals surface area (Å²) in [6.45, 7) is 1.33. The van der Waals surface area contributed by atoms with E-state index in [1.54, 1.807) is 30.5 Å². The van der Waals surface area contributed by atoms with Crippen LogP contribution in [0.4, 0.5) is 0 Å². The molecule has 1 unspecified atom stereocenters. The Morgan fingerprint density at radius 2 is 2.21 bits per heavy atom. The quantitative estimate of drug-likeness (QED) is 0.829. The lowest BCUT2D eigenvalue weighted by atomic mass is 10.1. The molecule has 2 heterocycles. The summed E-state index contributed by atoms with van der Waals surface area (Å²) < 4.78 is 32.5. The second-order valence-corrected chi connectivity index (χ2v) is 7.29. The topological polar surface area (TPSA) is 97.4 Å². The van der Waals surface area contributed by atoms with Crippen molar-refractivity contribution >= 4 is 26.8 Å². The van der Waals surface area contributed by atoms with Gasteiger partial charge in [-0.05, 0) is 43.7 Å². The fourth-order valence-corrected chi connectivity index (χ4v) is 3.89. The SMILES string of the molecule is O=C(COC1CCCNC1)NS(=O)(=O)c1cccc2ncccc12. The number of ether oxygens (including phenoxy) is 1. The summed E-state index contributed by atoms with van der Waals surface area (Å²) in [5.74, 6) is -0.679. The van der Waals surface area contributed by atoms with E-state index in [0.29, 0.717) is 17.4 Å². The van der Waals surface area contributed by atoms with E-state index in [9.17, 15) is 13.2 Å². The van der Waals surface area contributed by atoms with Crippen molar-refractivity contribution < 1.29 is 17.9 Å². The molecule has 7 nitrogen and oxygen atoms in total. The van der Waals surface area contributed by atoms with Gasteiger partial charge in [-0.1, -0.05) is 6.07 Å². The van der Waals surface area contributed by atoms with Gasteiger partial charge in [0, 0.05) is 18.1 Å². The Bertz CT molecular complexity index is 827. The molecule has 1 aliphatic rings. The highest BCUT2D eigenvalue weighted by atomic mass is 32.2. The summed E-state index contributed by atoms with van der Waals surface area (Å²) in [6.07, 6.45) is 3.37. The van der Waals surface area contributed by atoms with Crippen LogP contribution in [0.5, 0.6) is 0 Å². The van der Waals surface area contributed by atoms with Gasteiger partial charge < -0.3 is 10.1 Å². The zero-order valence-electron chi connectivity index (χ0n) is 13.1. The van der Waals surface area contributed by atoms with Gasteiger partial charge in [0.1, 0.15) is 6.61 Å². The van der Waals surface area contributed by atoms with Gasteiger partial charge in [-0.3, -0.25) is 9.78 Å². The second kappa shape index (κ2) is 7.25. The van der Waals surface area contributed by atoms with Crippen LogP contribution in [0, 0.1) is 0 Å². The number of hydrogen-bond donors (Lipinski definition) is 2. The normalized spacial score (nSPS) is 18.4. The zero-order valence-corrected chi connectivity index (χ0v) is 13.9. The summed E-state index contributed by atoms with van der Waals surface area (Å²) in [7, 11) is -3.97. The Hall–Kier alpha value is -2.03. The molecule has 0 spiro atoms. The molecule has 1 aromatic carbocycles. The second-order valence-electron chi connectivity index (χ2n) is 5.63. The van der Waals surface area contributed by atoms with E-state index >= 15 is 0 Å². The van der Waals surface area contributed by atoms with Crippen LogP contribution in [0.1, 0.15) is 12.8 Å². The van der Waals surface area contributed by atoms with Gasteiger partial charge in [0.25, 0.3) is 15.9 Å². The van der Waals surface area contributed by atoms with E-state index in [4.69, 9.17) is 4.74 Å².